The second-order valence-corrected chi connectivity index (χ2v) is 7.67. The molecule has 3 rings (SSSR count). The molecule has 0 saturated heterocycles. The van der Waals surface area contributed by atoms with Gasteiger partial charge in [-0.1, -0.05) is 11.6 Å². The first-order valence-corrected chi connectivity index (χ1v) is 10.0. The molecular formula is C20H23ClN2O3S. The number of amides is 1. The van der Waals surface area contributed by atoms with Crippen LogP contribution in [0.1, 0.15) is 16.0 Å². The molecule has 1 aliphatic rings. The van der Waals surface area contributed by atoms with Crippen LogP contribution >= 0.6 is 22.9 Å². The van der Waals surface area contributed by atoms with E-state index in [9.17, 15) is 4.79 Å². The number of ether oxygens (including phenoxy) is 2. The van der Waals surface area contributed by atoms with Crippen molar-refractivity contribution in [3.63, 3.8) is 0 Å². The molecule has 0 fully saturated rings. The minimum Gasteiger partial charge on any atom is -0.493 e. The summed E-state index contributed by atoms with van der Waals surface area (Å²) in [6, 6.07) is 5.71. The van der Waals surface area contributed by atoms with Gasteiger partial charge in [-0.2, -0.15) is 0 Å². The van der Waals surface area contributed by atoms with Gasteiger partial charge >= 0.3 is 0 Å². The standard InChI is InChI=1S/C20H23ClN2O3S/c1-25-17-12-14(11-16(21)20(17)26-2)3-4-19(24)22-7-9-23-8-5-18-15(13-23)6-10-27-18/h3-4,6,10-12H,5,7-9,13H2,1-2H3,(H,22,24). The number of methoxy groups -OCH3 is 2. The number of fused-ring (bicyclic) bond motifs is 1. The number of hydrogen-bond donors (Lipinski definition) is 1. The Morgan fingerprint density at radius 1 is 1.37 bits per heavy atom. The SMILES string of the molecule is COc1cc(C=CC(=O)NCCN2CCc3sccc3C2)cc(Cl)c1OC. The quantitative estimate of drug-likeness (QED) is 0.714. The minimum absolute atomic E-state index is 0.130. The zero-order chi connectivity index (χ0) is 19.2. The highest BCUT2D eigenvalue weighted by Crippen LogP contribution is 2.36. The largest absolute Gasteiger partial charge is 0.493 e. The van der Waals surface area contributed by atoms with Gasteiger partial charge in [-0.3, -0.25) is 9.69 Å². The number of nitrogens with zero attached hydrogens (tertiary/aromatic N) is 1. The Balaban J connectivity index is 1.49. The molecule has 0 saturated carbocycles. The Hall–Kier alpha value is -2.02. The molecule has 27 heavy (non-hydrogen) atoms. The summed E-state index contributed by atoms with van der Waals surface area (Å²) < 4.78 is 10.5. The third-order valence-electron chi connectivity index (χ3n) is 4.50. The van der Waals surface area contributed by atoms with Crippen molar-refractivity contribution in [1.82, 2.24) is 10.2 Å². The van der Waals surface area contributed by atoms with Gasteiger partial charge in [0.15, 0.2) is 11.5 Å². The van der Waals surface area contributed by atoms with Crippen molar-refractivity contribution in [3.05, 3.63) is 50.7 Å². The van der Waals surface area contributed by atoms with Crippen molar-refractivity contribution >= 4 is 34.9 Å². The van der Waals surface area contributed by atoms with Crippen LogP contribution in [-0.4, -0.2) is 44.7 Å². The first kappa shape index (κ1) is 19.7. The van der Waals surface area contributed by atoms with Crippen LogP contribution in [-0.2, 0) is 17.8 Å². The molecule has 0 aliphatic carbocycles. The normalized spacial score (nSPS) is 14.2. The summed E-state index contributed by atoms with van der Waals surface area (Å²) >= 11 is 8.02. The monoisotopic (exact) mass is 406 g/mol. The highest BCUT2D eigenvalue weighted by Gasteiger charge is 2.16. The highest BCUT2D eigenvalue weighted by atomic mass is 35.5. The molecule has 1 aromatic heterocycles. The number of nitrogens with one attached hydrogen (secondary N) is 1. The van der Waals surface area contributed by atoms with Crippen LogP contribution < -0.4 is 14.8 Å². The average molecular weight is 407 g/mol. The molecule has 0 unspecified atom stereocenters. The minimum atomic E-state index is -0.130. The number of halogens is 1. The maximum atomic E-state index is 12.1. The van der Waals surface area contributed by atoms with Crippen LogP contribution in [0.15, 0.2) is 29.7 Å². The lowest BCUT2D eigenvalue weighted by atomic mass is 10.1. The third kappa shape index (κ3) is 5.03. The zero-order valence-corrected chi connectivity index (χ0v) is 17.0. The topological polar surface area (TPSA) is 50.8 Å². The van der Waals surface area contributed by atoms with Crippen LogP contribution in [0.2, 0.25) is 5.02 Å². The summed E-state index contributed by atoms with van der Waals surface area (Å²) in [4.78, 5) is 15.9. The van der Waals surface area contributed by atoms with Crippen LogP contribution in [0.25, 0.3) is 6.08 Å². The van der Waals surface area contributed by atoms with Gasteiger partial charge < -0.3 is 14.8 Å². The van der Waals surface area contributed by atoms with Gasteiger partial charge in [0.05, 0.1) is 19.2 Å². The van der Waals surface area contributed by atoms with Gasteiger partial charge in [0.2, 0.25) is 5.91 Å². The molecule has 1 amide bonds. The highest BCUT2D eigenvalue weighted by molar-refractivity contribution is 7.10. The smallest absolute Gasteiger partial charge is 0.244 e. The van der Waals surface area contributed by atoms with Gasteiger partial charge in [0.25, 0.3) is 0 Å². The molecular weight excluding hydrogens is 384 g/mol. The van der Waals surface area contributed by atoms with Gasteiger partial charge in [-0.15, -0.1) is 11.3 Å². The molecule has 2 aromatic rings. The van der Waals surface area contributed by atoms with E-state index in [1.165, 1.54) is 23.6 Å². The van der Waals surface area contributed by atoms with E-state index in [4.69, 9.17) is 21.1 Å². The Bertz CT molecular complexity index is 835. The number of benzene rings is 1. The van der Waals surface area contributed by atoms with E-state index in [1.807, 2.05) is 11.3 Å². The maximum Gasteiger partial charge on any atom is 0.244 e. The number of rotatable bonds is 7. The Morgan fingerprint density at radius 2 is 2.22 bits per heavy atom. The Labute approximate surface area is 168 Å². The fourth-order valence-corrected chi connectivity index (χ4v) is 4.29. The summed E-state index contributed by atoms with van der Waals surface area (Å²) in [7, 11) is 3.09. The molecule has 2 heterocycles. The summed E-state index contributed by atoms with van der Waals surface area (Å²) in [5.41, 5.74) is 2.19. The average Bonchev–Trinajstić information content (AvgIpc) is 3.13. The van der Waals surface area contributed by atoms with Crippen LogP contribution in [0.3, 0.4) is 0 Å². The van der Waals surface area contributed by atoms with Crippen LogP contribution in [0, 0.1) is 0 Å². The van der Waals surface area contributed by atoms with Crippen molar-refractivity contribution in [3.8, 4) is 11.5 Å². The number of hydrogen-bond acceptors (Lipinski definition) is 5. The fraction of sp³-hybridized carbons (Fsp3) is 0.350. The zero-order valence-electron chi connectivity index (χ0n) is 15.5. The van der Waals surface area contributed by atoms with E-state index in [0.717, 1.165) is 31.6 Å². The predicted octanol–water partition coefficient (Wildman–Crippen LogP) is 3.61. The molecule has 1 aliphatic heterocycles. The number of thiophene rings is 1. The molecule has 0 spiro atoms. The summed E-state index contributed by atoms with van der Waals surface area (Å²) in [6.07, 6.45) is 4.31. The number of carbonyl (C=O) groups excluding carboxylic acids is 1. The first-order chi connectivity index (χ1) is 13.1. The molecule has 0 radical (unpaired) electrons. The Morgan fingerprint density at radius 3 is 3.00 bits per heavy atom. The van der Waals surface area contributed by atoms with E-state index < -0.39 is 0 Å². The second kappa shape index (κ2) is 9.26. The lowest BCUT2D eigenvalue weighted by Crippen LogP contribution is -2.37. The molecule has 7 heteroatoms. The second-order valence-electron chi connectivity index (χ2n) is 6.26. The van der Waals surface area contributed by atoms with Crippen molar-refractivity contribution in [1.29, 1.82) is 0 Å². The first-order valence-electron chi connectivity index (χ1n) is 8.75. The Kier molecular flexibility index (Phi) is 6.77. The molecule has 1 aromatic carbocycles. The molecule has 1 N–H and O–H groups in total. The van der Waals surface area contributed by atoms with Gasteiger partial charge in [-0.05, 0) is 47.2 Å². The van der Waals surface area contributed by atoms with Crippen molar-refractivity contribution < 1.29 is 14.3 Å². The summed E-state index contributed by atoms with van der Waals surface area (Å²) in [5, 5.41) is 5.52. The van der Waals surface area contributed by atoms with Crippen LogP contribution in [0.5, 0.6) is 11.5 Å². The molecule has 0 bridgehead atoms. The van der Waals surface area contributed by atoms with E-state index in [1.54, 1.807) is 25.3 Å². The third-order valence-corrected chi connectivity index (χ3v) is 5.80. The summed E-state index contributed by atoms with van der Waals surface area (Å²) in [6.45, 7) is 3.48. The van der Waals surface area contributed by atoms with E-state index in [-0.39, 0.29) is 5.91 Å². The van der Waals surface area contributed by atoms with Gasteiger partial charge in [0.1, 0.15) is 0 Å². The van der Waals surface area contributed by atoms with Gasteiger partial charge in [-0.25, -0.2) is 0 Å². The number of carbonyl (C=O) groups is 1. The predicted molar refractivity (Wildman–Crippen MR) is 110 cm³/mol. The summed E-state index contributed by atoms with van der Waals surface area (Å²) in [5.74, 6) is 0.883. The molecule has 144 valence electrons. The van der Waals surface area contributed by atoms with E-state index in [0.29, 0.717) is 23.1 Å². The van der Waals surface area contributed by atoms with E-state index >= 15 is 0 Å². The molecule has 5 nitrogen and oxygen atoms in total. The van der Waals surface area contributed by atoms with Gasteiger partial charge in [0, 0.05) is 37.1 Å². The van der Waals surface area contributed by atoms with Crippen molar-refractivity contribution in [2.24, 2.45) is 0 Å². The van der Waals surface area contributed by atoms with Crippen LogP contribution in [0.4, 0.5) is 0 Å². The van der Waals surface area contributed by atoms with Crippen molar-refractivity contribution in [2.45, 2.75) is 13.0 Å². The van der Waals surface area contributed by atoms with Crippen molar-refractivity contribution in [2.75, 3.05) is 33.9 Å². The lowest BCUT2D eigenvalue weighted by Gasteiger charge is -2.26. The maximum absolute atomic E-state index is 12.1. The lowest BCUT2D eigenvalue weighted by molar-refractivity contribution is -0.116. The van der Waals surface area contributed by atoms with E-state index in [2.05, 4.69) is 21.7 Å². The molecule has 0 atom stereocenters. The fourth-order valence-electron chi connectivity index (χ4n) is 3.10.